The third kappa shape index (κ3) is 4.51. The molecule has 0 radical (unpaired) electrons. The molecule has 3 nitrogen and oxygen atoms in total. The lowest BCUT2D eigenvalue weighted by molar-refractivity contribution is 0.0561. The van der Waals surface area contributed by atoms with Gasteiger partial charge in [0.25, 0.3) is 0 Å². The second kappa shape index (κ2) is 5.93. The molecular formula is C16H25NO2. The first kappa shape index (κ1) is 14.4. The average Bonchev–Trinajstić information content (AvgIpc) is 3.12. The van der Waals surface area contributed by atoms with Crippen molar-refractivity contribution in [3.05, 3.63) is 29.8 Å². The van der Waals surface area contributed by atoms with Gasteiger partial charge in [0.15, 0.2) is 0 Å². The van der Waals surface area contributed by atoms with E-state index in [1.54, 1.807) is 0 Å². The molecule has 0 heterocycles. The van der Waals surface area contributed by atoms with Crippen molar-refractivity contribution in [2.75, 3.05) is 13.1 Å². The van der Waals surface area contributed by atoms with E-state index in [4.69, 9.17) is 4.74 Å². The lowest BCUT2D eigenvalue weighted by atomic mass is 9.95. The molecule has 2 N–H and O–H groups in total. The van der Waals surface area contributed by atoms with Crippen LogP contribution < -0.4 is 10.1 Å². The second-order valence-electron chi connectivity index (χ2n) is 6.14. The van der Waals surface area contributed by atoms with Crippen LogP contribution in [0.2, 0.25) is 0 Å². The Bertz CT molecular complexity index is 411. The van der Waals surface area contributed by atoms with E-state index in [1.165, 1.54) is 0 Å². The zero-order valence-corrected chi connectivity index (χ0v) is 12.1. The van der Waals surface area contributed by atoms with Crippen LogP contribution in [0.5, 0.6) is 5.75 Å². The summed E-state index contributed by atoms with van der Waals surface area (Å²) < 4.78 is 5.77. The van der Waals surface area contributed by atoms with Gasteiger partial charge >= 0.3 is 0 Å². The minimum Gasteiger partial charge on any atom is -0.490 e. The van der Waals surface area contributed by atoms with E-state index in [0.717, 1.165) is 30.7 Å². The van der Waals surface area contributed by atoms with Gasteiger partial charge in [0.2, 0.25) is 0 Å². The molecule has 2 rings (SSSR count). The number of nitrogens with one attached hydrogen (secondary N) is 1. The van der Waals surface area contributed by atoms with Crippen LogP contribution >= 0.6 is 0 Å². The summed E-state index contributed by atoms with van der Waals surface area (Å²) in [4.78, 5) is 0. The van der Waals surface area contributed by atoms with Gasteiger partial charge in [-0.15, -0.1) is 0 Å². The van der Waals surface area contributed by atoms with E-state index in [9.17, 15) is 5.11 Å². The van der Waals surface area contributed by atoms with Crippen LogP contribution in [0.3, 0.4) is 0 Å². The first-order valence-electron chi connectivity index (χ1n) is 7.17. The van der Waals surface area contributed by atoms with E-state index in [1.807, 2.05) is 31.2 Å². The highest BCUT2D eigenvalue weighted by Crippen LogP contribution is 2.29. The minimum absolute atomic E-state index is 0.388. The van der Waals surface area contributed by atoms with Crippen molar-refractivity contribution in [2.45, 2.75) is 45.3 Å². The van der Waals surface area contributed by atoms with E-state index < -0.39 is 5.60 Å². The van der Waals surface area contributed by atoms with Crippen molar-refractivity contribution in [1.82, 2.24) is 5.32 Å². The molecule has 1 atom stereocenters. The Hall–Kier alpha value is -1.06. The molecule has 1 fully saturated rings. The summed E-state index contributed by atoms with van der Waals surface area (Å²) >= 11 is 0. The monoisotopic (exact) mass is 263 g/mol. The molecule has 3 heteroatoms. The van der Waals surface area contributed by atoms with E-state index >= 15 is 0 Å². The minimum atomic E-state index is -0.863. The second-order valence-corrected chi connectivity index (χ2v) is 6.14. The normalized spacial score (nSPS) is 18.4. The molecule has 1 aromatic carbocycles. The zero-order valence-electron chi connectivity index (χ0n) is 12.1. The van der Waals surface area contributed by atoms with Crippen LogP contribution in [0.1, 0.15) is 39.2 Å². The van der Waals surface area contributed by atoms with E-state index in [2.05, 4.69) is 19.2 Å². The number of hydrogen-bond donors (Lipinski definition) is 2. The van der Waals surface area contributed by atoms with Crippen LogP contribution in [0.25, 0.3) is 0 Å². The van der Waals surface area contributed by atoms with Crippen LogP contribution in [0, 0.1) is 5.92 Å². The summed E-state index contributed by atoms with van der Waals surface area (Å²) in [6.07, 6.45) is 2.69. The molecule has 0 amide bonds. The summed E-state index contributed by atoms with van der Waals surface area (Å²) in [6, 6.07) is 7.82. The van der Waals surface area contributed by atoms with Gasteiger partial charge < -0.3 is 15.2 Å². The quantitative estimate of drug-likeness (QED) is 0.794. The number of benzene rings is 1. The van der Waals surface area contributed by atoms with Gasteiger partial charge in [0.05, 0.1) is 11.7 Å². The summed E-state index contributed by atoms with van der Waals surface area (Å²) in [5.41, 5.74) is 0.0413. The largest absolute Gasteiger partial charge is 0.490 e. The maximum absolute atomic E-state index is 10.6. The number of ether oxygens (including phenoxy) is 1. The number of hydrogen-bond acceptors (Lipinski definition) is 3. The van der Waals surface area contributed by atoms with Crippen LogP contribution in [-0.2, 0) is 5.60 Å². The number of aliphatic hydroxyl groups is 1. The molecule has 1 aromatic rings. The Morgan fingerprint density at radius 3 is 2.79 bits per heavy atom. The Labute approximate surface area is 116 Å². The predicted octanol–water partition coefficient (Wildman–Crippen LogP) is 2.68. The summed E-state index contributed by atoms with van der Waals surface area (Å²) in [6.45, 7) is 7.63. The molecule has 1 aliphatic rings. The van der Waals surface area contributed by atoms with Crippen molar-refractivity contribution in [3.8, 4) is 5.75 Å². The highest BCUT2D eigenvalue weighted by molar-refractivity contribution is 5.32. The van der Waals surface area contributed by atoms with Gasteiger partial charge in [-0.25, -0.2) is 0 Å². The standard InChI is InChI=1S/C16H25NO2/c1-12(2)10-17-11-16(3,18)13-5-4-6-15(9-13)19-14-7-8-14/h4-6,9,12,14,17-18H,7-8,10-11H2,1-3H3. The van der Waals surface area contributed by atoms with Crippen LogP contribution in [0.15, 0.2) is 24.3 Å². The first-order chi connectivity index (χ1) is 8.97. The van der Waals surface area contributed by atoms with Gasteiger partial charge in [-0.3, -0.25) is 0 Å². The Kier molecular flexibility index (Phi) is 4.48. The lowest BCUT2D eigenvalue weighted by Crippen LogP contribution is -2.37. The molecule has 0 saturated heterocycles. The van der Waals surface area contributed by atoms with E-state index in [-0.39, 0.29) is 0 Å². The molecule has 1 aliphatic carbocycles. The van der Waals surface area contributed by atoms with Crippen molar-refractivity contribution in [3.63, 3.8) is 0 Å². The van der Waals surface area contributed by atoms with Crippen molar-refractivity contribution in [1.29, 1.82) is 0 Å². The van der Waals surface area contributed by atoms with Gasteiger partial charge in [0.1, 0.15) is 5.75 Å². The van der Waals surface area contributed by atoms with Gasteiger partial charge in [0, 0.05) is 6.54 Å². The van der Waals surface area contributed by atoms with Gasteiger partial charge in [-0.1, -0.05) is 26.0 Å². The summed E-state index contributed by atoms with van der Waals surface area (Å²) in [5, 5.41) is 13.9. The van der Waals surface area contributed by atoms with Gasteiger partial charge in [-0.05, 0) is 49.9 Å². The summed E-state index contributed by atoms with van der Waals surface area (Å²) in [7, 11) is 0. The molecule has 1 saturated carbocycles. The maximum atomic E-state index is 10.6. The van der Waals surface area contributed by atoms with Crippen molar-refractivity contribution >= 4 is 0 Å². The molecule has 0 aromatic heterocycles. The van der Waals surface area contributed by atoms with Gasteiger partial charge in [-0.2, -0.15) is 0 Å². The average molecular weight is 263 g/mol. The lowest BCUT2D eigenvalue weighted by Gasteiger charge is -2.25. The third-order valence-electron chi connectivity index (χ3n) is 3.30. The highest BCUT2D eigenvalue weighted by atomic mass is 16.5. The molecule has 0 aliphatic heterocycles. The Morgan fingerprint density at radius 2 is 2.16 bits per heavy atom. The third-order valence-corrected chi connectivity index (χ3v) is 3.30. The fourth-order valence-corrected chi connectivity index (χ4v) is 1.99. The Balaban J connectivity index is 1.97. The smallest absolute Gasteiger partial charge is 0.120 e. The molecule has 106 valence electrons. The first-order valence-corrected chi connectivity index (χ1v) is 7.17. The maximum Gasteiger partial charge on any atom is 0.120 e. The highest BCUT2D eigenvalue weighted by Gasteiger charge is 2.26. The Morgan fingerprint density at radius 1 is 1.42 bits per heavy atom. The summed E-state index contributed by atoms with van der Waals surface area (Å²) in [5.74, 6) is 1.45. The SMILES string of the molecule is CC(C)CNCC(C)(O)c1cccc(OC2CC2)c1. The van der Waals surface area contributed by atoms with E-state index in [0.29, 0.717) is 18.6 Å². The molecule has 0 spiro atoms. The zero-order chi connectivity index (χ0) is 13.9. The molecule has 19 heavy (non-hydrogen) atoms. The molecular weight excluding hydrogens is 238 g/mol. The fourth-order valence-electron chi connectivity index (χ4n) is 1.99. The fraction of sp³-hybridized carbons (Fsp3) is 0.625. The number of rotatable bonds is 7. The van der Waals surface area contributed by atoms with Crippen molar-refractivity contribution < 1.29 is 9.84 Å². The molecule has 0 bridgehead atoms. The predicted molar refractivity (Wildman–Crippen MR) is 77.4 cm³/mol. The topological polar surface area (TPSA) is 41.5 Å². The van der Waals surface area contributed by atoms with Crippen LogP contribution in [0.4, 0.5) is 0 Å². The van der Waals surface area contributed by atoms with Crippen LogP contribution in [-0.4, -0.2) is 24.3 Å². The van der Waals surface area contributed by atoms with Crippen molar-refractivity contribution in [2.24, 2.45) is 5.92 Å². The molecule has 1 unspecified atom stereocenters.